The molecular weight excluding hydrogens is 425 g/mol. The first-order valence-electron chi connectivity index (χ1n) is 5.87. The highest BCUT2D eigenvalue weighted by Crippen LogP contribution is 2.38. The summed E-state index contributed by atoms with van der Waals surface area (Å²) in [6, 6.07) is 5.38. The summed E-state index contributed by atoms with van der Waals surface area (Å²) in [5.41, 5.74) is 0.823. The molecule has 0 unspecified atom stereocenters. The van der Waals surface area contributed by atoms with E-state index in [4.69, 9.17) is 21.4 Å². The van der Waals surface area contributed by atoms with Gasteiger partial charge in [0.05, 0.1) is 4.47 Å². The molecule has 0 amide bonds. The molecule has 1 aromatic carbocycles. The number of rotatable bonds is 4. The normalized spacial score (nSPS) is 11.7. The van der Waals surface area contributed by atoms with Crippen molar-refractivity contribution in [3.8, 4) is 5.75 Å². The molecule has 0 bridgehead atoms. The standard InChI is InChI=1S/C14H10Br2ClNO3/c1-7(14(19)20)4-5-21-13-10(16)6-9(15)8-2-3-11(17)18-12(8)13/h2-4,6H,5H2,1H3,(H,19,20)/b7-4-. The molecule has 0 fully saturated rings. The summed E-state index contributed by atoms with van der Waals surface area (Å²) in [5, 5.41) is 10.0. The molecule has 7 heteroatoms. The monoisotopic (exact) mass is 433 g/mol. The number of carboxylic acids is 1. The molecule has 4 nitrogen and oxygen atoms in total. The smallest absolute Gasteiger partial charge is 0.331 e. The Labute approximate surface area is 143 Å². The van der Waals surface area contributed by atoms with Crippen molar-refractivity contribution in [3.05, 3.63) is 43.9 Å². The van der Waals surface area contributed by atoms with Crippen LogP contribution in [-0.4, -0.2) is 22.7 Å². The number of aromatic nitrogens is 1. The fraction of sp³-hybridized carbons (Fsp3) is 0.143. The maximum atomic E-state index is 10.7. The maximum Gasteiger partial charge on any atom is 0.331 e. The Morgan fingerprint density at radius 1 is 1.43 bits per heavy atom. The number of nitrogens with zero attached hydrogens (tertiary/aromatic N) is 1. The fourth-order valence-electron chi connectivity index (χ4n) is 1.64. The van der Waals surface area contributed by atoms with Crippen molar-refractivity contribution in [3.63, 3.8) is 0 Å². The van der Waals surface area contributed by atoms with Gasteiger partial charge < -0.3 is 9.84 Å². The number of hydrogen-bond donors (Lipinski definition) is 1. The van der Waals surface area contributed by atoms with Crippen molar-refractivity contribution in [2.45, 2.75) is 6.92 Å². The first-order valence-corrected chi connectivity index (χ1v) is 7.83. The lowest BCUT2D eigenvalue weighted by Gasteiger charge is -2.11. The highest BCUT2D eigenvalue weighted by molar-refractivity contribution is 9.11. The predicted octanol–water partition coefficient (Wildman–Crippen LogP) is 4.82. The number of aliphatic carboxylic acids is 1. The van der Waals surface area contributed by atoms with Crippen molar-refractivity contribution in [1.82, 2.24) is 4.98 Å². The largest absolute Gasteiger partial charge is 0.486 e. The minimum Gasteiger partial charge on any atom is -0.486 e. The van der Waals surface area contributed by atoms with E-state index in [1.165, 1.54) is 13.0 Å². The minimum atomic E-state index is -0.973. The number of fused-ring (bicyclic) bond motifs is 1. The van der Waals surface area contributed by atoms with Gasteiger partial charge in [-0.3, -0.25) is 0 Å². The molecule has 0 aliphatic heterocycles. The SMILES string of the molecule is C/C(=C/COc1c(Br)cc(Br)c2ccc(Cl)nc12)C(=O)O. The lowest BCUT2D eigenvalue weighted by atomic mass is 10.2. The van der Waals surface area contributed by atoms with Crippen LogP contribution in [0.2, 0.25) is 5.15 Å². The first-order chi connectivity index (χ1) is 9.90. The lowest BCUT2D eigenvalue weighted by Crippen LogP contribution is -2.02. The third-order valence-corrected chi connectivity index (χ3v) is 4.21. The number of halogens is 3. The number of ether oxygens (including phenoxy) is 1. The number of carbonyl (C=O) groups is 1. The van der Waals surface area contributed by atoms with Crippen LogP contribution in [0, 0.1) is 0 Å². The van der Waals surface area contributed by atoms with Gasteiger partial charge in [0.25, 0.3) is 0 Å². The van der Waals surface area contributed by atoms with Gasteiger partial charge in [0.1, 0.15) is 17.3 Å². The molecule has 1 heterocycles. The Morgan fingerprint density at radius 3 is 2.81 bits per heavy atom. The molecule has 0 aliphatic rings. The van der Waals surface area contributed by atoms with Crippen molar-refractivity contribution >= 4 is 60.3 Å². The Balaban J connectivity index is 2.41. The van der Waals surface area contributed by atoms with Gasteiger partial charge in [-0.05, 0) is 47.1 Å². The Hall–Kier alpha value is -1.11. The average molecular weight is 435 g/mol. The van der Waals surface area contributed by atoms with E-state index in [0.29, 0.717) is 20.9 Å². The van der Waals surface area contributed by atoms with E-state index in [-0.39, 0.29) is 12.2 Å². The number of hydrogen-bond acceptors (Lipinski definition) is 3. The minimum absolute atomic E-state index is 0.127. The van der Waals surface area contributed by atoms with Crippen LogP contribution in [0.5, 0.6) is 5.75 Å². The molecule has 0 saturated carbocycles. The first kappa shape index (κ1) is 16.3. The van der Waals surface area contributed by atoms with Crippen molar-refractivity contribution in [2.75, 3.05) is 6.61 Å². The van der Waals surface area contributed by atoms with Crippen LogP contribution in [-0.2, 0) is 4.79 Å². The van der Waals surface area contributed by atoms with Crippen molar-refractivity contribution in [2.24, 2.45) is 0 Å². The van der Waals surface area contributed by atoms with Gasteiger partial charge in [-0.25, -0.2) is 9.78 Å². The molecular formula is C14H10Br2ClNO3. The van der Waals surface area contributed by atoms with Crippen molar-refractivity contribution in [1.29, 1.82) is 0 Å². The molecule has 0 aliphatic carbocycles. The topological polar surface area (TPSA) is 59.4 Å². The molecule has 1 aromatic heterocycles. The zero-order chi connectivity index (χ0) is 15.6. The van der Waals surface area contributed by atoms with Gasteiger partial charge in [0.2, 0.25) is 0 Å². The number of carboxylic acid groups (broad SMARTS) is 1. The van der Waals surface area contributed by atoms with E-state index in [1.807, 2.05) is 12.1 Å². The molecule has 0 spiro atoms. The van der Waals surface area contributed by atoms with E-state index in [1.54, 1.807) is 6.07 Å². The molecule has 1 N–H and O–H groups in total. The highest BCUT2D eigenvalue weighted by atomic mass is 79.9. The number of pyridine rings is 1. The maximum absolute atomic E-state index is 10.7. The molecule has 110 valence electrons. The Bertz CT molecular complexity index is 747. The summed E-state index contributed by atoms with van der Waals surface area (Å²) < 4.78 is 7.22. The third-order valence-electron chi connectivity index (χ3n) is 2.76. The summed E-state index contributed by atoms with van der Waals surface area (Å²) in [6.07, 6.45) is 1.49. The molecule has 0 radical (unpaired) electrons. The van der Waals surface area contributed by atoms with E-state index in [0.717, 1.165) is 9.86 Å². The summed E-state index contributed by atoms with van der Waals surface area (Å²) >= 11 is 12.8. The van der Waals surface area contributed by atoms with Crippen LogP contribution in [0.15, 0.2) is 38.8 Å². The second-order valence-electron chi connectivity index (χ2n) is 4.20. The summed E-state index contributed by atoms with van der Waals surface area (Å²) in [5.74, 6) is -0.454. The predicted molar refractivity (Wildman–Crippen MR) is 89.0 cm³/mol. The lowest BCUT2D eigenvalue weighted by molar-refractivity contribution is -0.132. The zero-order valence-electron chi connectivity index (χ0n) is 10.9. The third kappa shape index (κ3) is 3.75. The number of benzene rings is 1. The summed E-state index contributed by atoms with van der Waals surface area (Å²) in [7, 11) is 0. The van der Waals surface area contributed by atoms with Crippen LogP contribution in [0.1, 0.15) is 6.92 Å². The highest BCUT2D eigenvalue weighted by Gasteiger charge is 2.13. The Kier molecular flexibility index (Phi) is 5.24. The van der Waals surface area contributed by atoms with Gasteiger partial charge in [-0.15, -0.1) is 0 Å². The van der Waals surface area contributed by atoms with Crippen LogP contribution in [0.3, 0.4) is 0 Å². The van der Waals surface area contributed by atoms with Gasteiger partial charge in [0, 0.05) is 15.4 Å². The second kappa shape index (κ2) is 6.77. The second-order valence-corrected chi connectivity index (χ2v) is 6.30. The van der Waals surface area contributed by atoms with Gasteiger partial charge in [0.15, 0.2) is 5.75 Å². The van der Waals surface area contributed by atoms with Gasteiger partial charge >= 0.3 is 5.97 Å². The van der Waals surface area contributed by atoms with Crippen molar-refractivity contribution < 1.29 is 14.6 Å². The quantitative estimate of drug-likeness (QED) is 0.552. The van der Waals surface area contributed by atoms with E-state index in [9.17, 15) is 4.79 Å². The molecule has 21 heavy (non-hydrogen) atoms. The van der Waals surface area contributed by atoms with Crippen LogP contribution < -0.4 is 4.74 Å². The van der Waals surface area contributed by atoms with Gasteiger partial charge in [-0.2, -0.15) is 0 Å². The van der Waals surface area contributed by atoms with Crippen LogP contribution in [0.25, 0.3) is 10.9 Å². The fourth-order valence-corrected chi connectivity index (χ4v) is 3.18. The zero-order valence-corrected chi connectivity index (χ0v) is 14.8. The van der Waals surface area contributed by atoms with Crippen LogP contribution in [0.4, 0.5) is 0 Å². The van der Waals surface area contributed by atoms with E-state index < -0.39 is 5.97 Å². The molecule has 2 rings (SSSR count). The average Bonchev–Trinajstić information content (AvgIpc) is 2.41. The van der Waals surface area contributed by atoms with Gasteiger partial charge in [-0.1, -0.05) is 27.5 Å². The van der Waals surface area contributed by atoms with E-state index >= 15 is 0 Å². The summed E-state index contributed by atoms with van der Waals surface area (Å²) in [4.78, 5) is 15.0. The molecule has 0 atom stereocenters. The van der Waals surface area contributed by atoms with E-state index in [2.05, 4.69) is 36.8 Å². The molecule has 0 saturated heterocycles. The Morgan fingerprint density at radius 2 is 2.14 bits per heavy atom. The summed E-state index contributed by atoms with van der Waals surface area (Å²) in [6.45, 7) is 1.64. The molecule has 2 aromatic rings. The van der Waals surface area contributed by atoms with Crippen LogP contribution >= 0.6 is 43.5 Å².